The van der Waals surface area contributed by atoms with Crippen molar-refractivity contribution in [3.05, 3.63) is 65.9 Å². The minimum absolute atomic E-state index is 0.164. The molecule has 2 saturated heterocycles. The van der Waals surface area contributed by atoms with Crippen molar-refractivity contribution < 1.29 is 22.7 Å². The third-order valence-corrected chi connectivity index (χ3v) is 9.42. The first kappa shape index (κ1) is 31.6. The van der Waals surface area contributed by atoms with Gasteiger partial charge in [0.25, 0.3) is 0 Å². The molecule has 0 aliphatic carbocycles. The van der Waals surface area contributed by atoms with E-state index in [1.807, 2.05) is 4.90 Å². The average Bonchev–Trinajstić information content (AvgIpc) is 3.34. The number of benzene rings is 2. The van der Waals surface area contributed by atoms with Crippen molar-refractivity contribution in [3.63, 3.8) is 0 Å². The molecule has 2 unspecified atom stereocenters. The van der Waals surface area contributed by atoms with E-state index in [9.17, 15) is 23.2 Å². The number of nitriles is 1. The molecule has 0 N–H and O–H groups in total. The summed E-state index contributed by atoms with van der Waals surface area (Å²) in [6, 6.07) is 11.9. The second-order valence-corrected chi connectivity index (χ2v) is 12.2. The molecule has 1 aromatic heterocycles. The molecule has 0 saturated carbocycles. The summed E-state index contributed by atoms with van der Waals surface area (Å²) in [6.07, 6.45) is 0.342. The lowest BCUT2D eigenvalue weighted by Gasteiger charge is -2.41. The van der Waals surface area contributed by atoms with E-state index in [4.69, 9.17) is 14.7 Å². The summed E-state index contributed by atoms with van der Waals surface area (Å²) in [5, 5.41) is 10.2. The Balaban J connectivity index is 1.39. The summed E-state index contributed by atoms with van der Waals surface area (Å²) < 4.78 is 48.9. The van der Waals surface area contributed by atoms with Crippen molar-refractivity contribution in [1.82, 2.24) is 19.8 Å². The Bertz CT molecular complexity index is 1650. The predicted molar refractivity (Wildman–Crippen MR) is 170 cm³/mol. The van der Waals surface area contributed by atoms with Crippen LogP contribution in [0.1, 0.15) is 42.5 Å². The maximum Gasteiger partial charge on any atom is 0.417 e. The van der Waals surface area contributed by atoms with Crippen molar-refractivity contribution in [2.24, 2.45) is 0 Å². The van der Waals surface area contributed by atoms with E-state index in [-0.39, 0.29) is 42.4 Å². The van der Waals surface area contributed by atoms with Gasteiger partial charge in [0.15, 0.2) is 0 Å². The number of anilines is 2. The normalized spacial score (nSPS) is 20.7. The van der Waals surface area contributed by atoms with Crippen LogP contribution in [0.25, 0.3) is 10.8 Å². The highest BCUT2D eigenvalue weighted by Gasteiger charge is 2.36. The van der Waals surface area contributed by atoms with E-state index in [1.54, 1.807) is 29.2 Å². The molecule has 4 heterocycles. The summed E-state index contributed by atoms with van der Waals surface area (Å²) in [4.78, 5) is 30.4. The Labute approximate surface area is 266 Å². The molecule has 1 amide bonds. The molecular weight excluding hydrogens is 595 g/mol. The van der Waals surface area contributed by atoms with Crippen molar-refractivity contribution >= 4 is 28.2 Å². The lowest BCUT2D eigenvalue weighted by Crippen LogP contribution is -2.55. The lowest BCUT2D eigenvalue weighted by atomic mass is 10.0. The van der Waals surface area contributed by atoms with Crippen LogP contribution in [0.2, 0.25) is 0 Å². The van der Waals surface area contributed by atoms with E-state index in [0.717, 1.165) is 31.0 Å². The Kier molecular flexibility index (Phi) is 9.04. The van der Waals surface area contributed by atoms with Gasteiger partial charge in [-0.3, -0.25) is 4.79 Å². The van der Waals surface area contributed by atoms with Crippen LogP contribution < -0.4 is 14.5 Å². The van der Waals surface area contributed by atoms with Gasteiger partial charge in [0.05, 0.1) is 36.3 Å². The fourth-order valence-corrected chi connectivity index (χ4v) is 7.04. The topological polar surface area (TPSA) is 88.8 Å². The number of nitrogens with zero attached hydrogens (tertiary/aromatic N) is 7. The highest BCUT2D eigenvalue weighted by atomic mass is 19.4. The maximum absolute atomic E-state index is 14.2. The van der Waals surface area contributed by atoms with E-state index < -0.39 is 11.7 Å². The zero-order valence-electron chi connectivity index (χ0n) is 26.0. The van der Waals surface area contributed by atoms with Crippen LogP contribution in [0.4, 0.5) is 24.7 Å². The number of carbonyl (C=O) groups is 1. The van der Waals surface area contributed by atoms with Crippen molar-refractivity contribution in [2.75, 3.05) is 56.2 Å². The molecule has 2 fully saturated rings. The SMILES string of the molecule is C=CC(=O)N1CCN(c2nc(OCC3CCCN3C)nc3c2CCCN(c2cccc4cccc(C(F)(F)F)c24)C3)CC1CC#N. The molecule has 9 nitrogen and oxygen atoms in total. The van der Waals surface area contributed by atoms with Gasteiger partial charge in [-0.1, -0.05) is 30.8 Å². The Morgan fingerprint density at radius 1 is 1.09 bits per heavy atom. The quantitative estimate of drug-likeness (QED) is 0.329. The number of halogens is 3. The van der Waals surface area contributed by atoms with Gasteiger partial charge in [-0.2, -0.15) is 28.4 Å². The molecule has 242 valence electrons. The molecule has 3 aromatic rings. The van der Waals surface area contributed by atoms with Crippen LogP contribution in [0.15, 0.2) is 49.1 Å². The van der Waals surface area contributed by atoms with Crippen LogP contribution in [0, 0.1) is 11.3 Å². The van der Waals surface area contributed by atoms with Gasteiger partial charge in [-0.15, -0.1) is 0 Å². The standard InChI is InChI=1S/C34H38F3N7O2/c1-3-30(45)44-19-18-43(20-24(44)14-15-38)32-26-11-7-17-42(21-28(26)39-33(40-32)46-22-25-10-6-16-41(25)2)29-13-5-9-23-8-4-12-27(31(23)29)34(35,36)37/h3-5,8-9,12-13,24-25H,1,6-7,10-11,14,16-22H2,2H3. The number of rotatable bonds is 7. The van der Waals surface area contributed by atoms with Crippen molar-refractivity contribution in [2.45, 2.75) is 56.9 Å². The smallest absolute Gasteiger partial charge is 0.417 e. The fraction of sp³-hybridized carbons (Fsp3) is 0.471. The van der Waals surface area contributed by atoms with E-state index in [0.29, 0.717) is 68.2 Å². The molecule has 3 aliphatic rings. The van der Waals surface area contributed by atoms with Gasteiger partial charge < -0.3 is 24.3 Å². The molecule has 46 heavy (non-hydrogen) atoms. The summed E-state index contributed by atoms with van der Waals surface area (Å²) in [5.74, 6) is 0.485. The summed E-state index contributed by atoms with van der Waals surface area (Å²) in [5.41, 5.74) is 1.48. The first-order valence-corrected chi connectivity index (χ1v) is 15.8. The largest absolute Gasteiger partial charge is 0.462 e. The van der Waals surface area contributed by atoms with E-state index in [2.05, 4.69) is 29.5 Å². The fourth-order valence-electron chi connectivity index (χ4n) is 7.04. The van der Waals surface area contributed by atoms with Crippen LogP contribution in [0.3, 0.4) is 0 Å². The number of likely N-dealkylation sites (N-methyl/N-ethyl adjacent to an activating group) is 1. The lowest BCUT2D eigenvalue weighted by molar-refractivity contribution is -0.136. The Morgan fingerprint density at radius 2 is 1.89 bits per heavy atom. The van der Waals surface area contributed by atoms with Gasteiger partial charge in [0.2, 0.25) is 5.91 Å². The van der Waals surface area contributed by atoms with Gasteiger partial charge >= 0.3 is 12.2 Å². The number of piperazine rings is 1. The van der Waals surface area contributed by atoms with Gasteiger partial charge in [-0.05, 0) is 62.9 Å². The molecule has 3 aliphatic heterocycles. The number of ether oxygens (including phenoxy) is 1. The third kappa shape index (κ3) is 6.33. The number of hydrogen-bond acceptors (Lipinski definition) is 8. The first-order chi connectivity index (χ1) is 22.2. The molecule has 12 heteroatoms. The number of amides is 1. The van der Waals surface area contributed by atoms with Gasteiger partial charge in [0, 0.05) is 48.9 Å². The second-order valence-electron chi connectivity index (χ2n) is 12.2. The zero-order chi connectivity index (χ0) is 32.4. The third-order valence-electron chi connectivity index (χ3n) is 9.42. The van der Waals surface area contributed by atoms with Crippen molar-refractivity contribution in [1.29, 1.82) is 5.26 Å². The van der Waals surface area contributed by atoms with Crippen LogP contribution >= 0.6 is 0 Å². The minimum atomic E-state index is -4.50. The number of aromatic nitrogens is 2. The minimum Gasteiger partial charge on any atom is -0.462 e. The molecular formula is C34H38F3N7O2. The van der Waals surface area contributed by atoms with Crippen molar-refractivity contribution in [3.8, 4) is 12.1 Å². The summed E-state index contributed by atoms with van der Waals surface area (Å²) in [7, 11) is 2.07. The molecule has 0 spiro atoms. The summed E-state index contributed by atoms with van der Waals surface area (Å²) >= 11 is 0. The number of hydrogen-bond donors (Lipinski definition) is 0. The zero-order valence-corrected chi connectivity index (χ0v) is 26.0. The van der Waals surface area contributed by atoms with Gasteiger partial charge in [-0.25, -0.2) is 0 Å². The monoisotopic (exact) mass is 633 g/mol. The molecule has 0 bridgehead atoms. The first-order valence-electron chi connectivity index (χ1n) is 15.8. The highest BCUT2D eigenvalue weighted by Crippen LogP contribution is 2.41. The summed E-state index contributed by atoms with van der Waals surface area (Å²) in [6.45, 7) is 7.17. The Morgan fingerprint density at radius 3 is 2.61 bits per heavy atom. The molecule has 2 atom stereocenters. The van der Waals surface area contributed by atoms with Crippen LogP contribution in [-0.4, -0.2) is 84.1 Å². The Hall–Kier alpha value is -4.37. The number of alkyl halides is 3. The van der Waals surface area contributed by atoms with E-state index in [1.165, 1.54) is 12.1 Å². The van der Waals surface area contributed by atoms with Crippen LogP contribution in [0.5, 0.6) is 6.01 Å². The molecule has 2 aromatic carbocycles. The number of likely N-dealkylation sites (tertiary alicyclic amines) is 1. The second kappa shape index (κ2) is 13.2. The van der Waals surface area contributed by atoms with E-state index >= 15 is 0 Å². The molecule has 6 rings (SSSR count). The predicted octanol–water partition coefficient (Wildman–Crippen LogP) is 5.19. The van der Waals surface area contributed by atoms with Gasteiger partial charge in [0.1, 0.15) is 12.4 Å². The molecule has 0 radical (unpaired) electrons. The average molecular weight is 634 g/mol. The number of carbonyl (C=O) groups excluding carboxylic acids is 1. The highest BCUT2D eigenvalue weighted by molar-refractivity contribution is 5.97. The maximum atomic E-state index is 14.2. The number of fused-ring (bicyclic) bond motifs is 2. The van der Waals surface area contributed by atoms with Crippen LogP contribution in [-0.2, 0) is 23.9 Å².